The molecule has 3 N–H and O–H groups in total. The van der Waals surface area contributed by atoms with Gasteiger partial charge in [-0.05, 0) is 46.4 Å². The van der Waals surface area contributed by atoms with Gasteiger partial charge in [-0.1, -0.05) is 19.1 Å². The summed E-state index contributed by atoms with van der Waals surface area (Å²) in [6.07, 6.45) is 0.933. The third kappa shape index (κ3) is 2.45. The lowest BCUT2D eigenvalue weighted by Gasteiger charge is -2.13. The minimum Gasteiger partial charge on any atom is -0.507 e. The molecule has 1 atom stereocenters. The predicted molar refractivity (Wildman–Crippen MR) is 57.9 cm³/mol. The van der Waals surface area contributed by atoms with Gasteiger partial charge in [-0.15, -0.1) is 0 Å². The molecule has 0 radical (unpaired) electrons. The summed E-state index contributed by atoms with van der Waals surface area (Å²) in [6, 6.07) is 5.52. The number of hydrogen-bond acceptors (Lipinski definition) is 2. The summed E-state index contributed by atoms with van der Waals surface area (Å²) in [5.74, 6) is 0.674. The molecule has 0 aliphatic heterocycles. The molecule has 0 fully saturated rings. The number of aromatic hydroxyl groups is 1. The number of benzene rings is 1. The fraction of sp³-hybridized carbons (Fsp3) is 0.400. The summed E-state index contributed by atoms with van der Waals surface area (Å²) in [7, 11) is 0. The van der Waals surface area contributed by atoms with Crippen molar-refractivity contribution in [3.63, 3.8) is 0 Å². The molecule has 0 saturated carbocycles. The summed E-state index contributed by atoms with van der Waals surface area (Å²) in [5.41, 5.74) is 6.59. The Morgan fingerprint density at radius 2 is 2.23 bits per heavy atom. The second kappa shape index (κ2) is 4.63. The summed E-state index contributed by atoms with van der Waals surface area (Å²) >= 11 is 3.36. The molecule has 0 amide bonds. The zero-order valence-corrected chi connectivity index (χ0v) is 9.21. The average molecular weight is 244 g/mol. The number of phenols is 1. The summed E-state index contributed by atoms with van der Waals surface area (Å²) in [4.78, 5) is 0. The molecule has 1 aromatic carbocycles. The van der Waals surface area contributed by atoms with Crippen LogP contribution in [0.5, 0.6) is 5.75 Å². The zero-order valence-electron chi connectivity index (χ0n) is 7.63. The highest BCUT2D eigenvalue weighted by atomic mass is 79.9. The molecule has 0 saturated heterocycles. The first-order valence-corrected chi connectivity index (χ1v) is 5.13. The molecule has 0 spiro atoms. The van der Waals surface area contributed by atoms with E-state index in [0.717, 1.165) is 16.5 Å². The van der Waals surface area contributed by atoms with Crippen molar-refractivity contribution in [1.29, 1.82) is 0 Å². The summed E-state index contributed by atoms with van der Waals surface area (Å²) in [5, 5.41) is 9.44. The standard InChI is InChI=1S/C10H14BrNO/c1-7(5-6-12)8-3-2-4-9(13)10(8)11/h2-4,7,13H,5-6,12H2,1H3. The van der Waals surface area contributed by atoms with Crippen LogP contribution in [0.1, 0.15) is 24.8 Å². The minimum atomic E-state index is 0.293. The van der Waals surface area contributed by atoms with E-state index in [1.165, 1.54) is 0 Å². The molecule has 1 unspecified atom stereocenters. The minimum absolute atomic E-state index is 0.293. The second-order valence-corrected chi connectivity index (χ2v) is 3.95. The molecule has 0 aliphatic rings. The van der Waals surface area contributed by atoms with E-state index >= 15 is 0 Å². The Labute approximate surface area is 86.9 Å². The lowest BCUT2D eigenvalue weighted by atomic mass is 9.98. The van der Waals surface area contributed by atoms with Crippen LogP contribution in [0.4, 0.5) is 0 Å². The normalized spacial score (nSPS) is 12.8. The van der Waals surface area contributed by atoms with Crippen molar-refractivity contribution in [2.75, 3.05) is 6.54 Å². The molecule has 3 heteroatoms. The van der Waals surface area contributed by atoms with Crippen molar-refractivity contribution in [1.82, 2.24) is 0 Å². The Morgan fingerprint density at radius 1 is 1.54 bits per heavy atom. The van der Waals surface area contributed by atoms with Crippen LogP contribution < -0.4 is 5.73 Å². The quantitative estimate of drug-likeness (QED) is 0.858. The van der Waals surface area contributed by atoms with E-state index in [1.54, 1.807) is 6.07 Å². The van der Waals surface area contributed by atoms with Gasteiger partial charge in [0.15, 0.2) is 0 Å². The van der Waals surface area contributed by atoms with E-state index in [2.05, 4.69) is 22.9 Å². The van der Waals surface area contributed by atoms with E-state index in [4.69, 9.17) is 5.73 Å². The smallest absolute Gasteiger partial charge is 0.130 e. The van der Waals surface area contributed by atoms with E-state index in [-0.39, 0.29) is 0 Å². The lowest BCUT2D eigenvalue weighted by molar-refractivity contribution is 0.469. The highest BCUT2D eigenvalue weighted by Crippen LogP contribution is 2.33. The van der Waals surface area contributed by atoms with Crippen molar-refractivity contribution in [2.45, 2.75) is 19.3 Å². The van der Waals surface area contributed by atoms with Gasteiger partial charge >= 0.3 is 0 Å². The number of rotatable bonds is 3. The highest BCUT2D eigenvalue weighted by Gasteiger charge is 2.10. The van der Waals surface area contributed by atoms with Crippen LogP contribution in [0.3, 0.4) is 0 Å². The number of hydrogen-bond donors (Lipinski definition) is 2. The van der Waals surface area contributed by atoms with Gasteiger partial charge in [-0.25, -0.2) is 0 Å². The topological polar surface area (TPSA) is 46.2 Å². The Balaban J connectivity index is 2.93. The van der Waals surface area contributed by atoms with Crippen molar-refractivity contribution >= 4 is 15.9 Å². The lowest BCUT2D eigenvalue weighted by Crippen LogP contribution is -2.04. The maximum Gasteiger partial charge on any atom is 0.130 e. The first kappa shape index (κ1) is 10.5. The Bertz CT molecular complexity index is 288. The maximum absolute atomic E-state index is 9.44. The zero-order chi connectivity index (χ0) is 9.84. The monoisotopic (exact) mass is 243 g/mol. The van der Waals surface area contributed by atoms with E-state index in [9.17, 15) is 5.11 Å². The van der Waals surface area contributed by atoms with Gasteiger partial charge in [0, 0.05) is 0 Å². The third-order valence-electron chi connectivity index (χ3n) is 2.14. The van der Waals surface area contributed by atoms with Crippen LogP contribution in [0.2, 0.25) is 0 Å². The fourth-order valence-electron chi connectivity index (χ4n) is 1.32. The molecule has 0 heterocycles. The summed E-state index contributed by atoms with van der Waals surface area (Å²) in [6.45, 7) is 2.77. The Kier molecular flexibility index (Phi) is 3.75. The average Bonchev–Trinajstić information content (AvgIpc) is 2.10. The molecule has 0 bridgehead atoms. The van der Waals surface area contributed by atoms with Crippen LogP contribution in [0, 0.1) is 0 Å². The molecule has 2 nitrogen and oxygen atoms in total. The van der Waals surface area contributed by atoms with Crippen LogP contribution in [-0.2, 0) is 0 Å². The second-order valence-electron chi connectivity index (χ2n) is 3.16. The van der Waals surface area contributed by atoms with Gasteiger partial charge in [0.25, 0.3) is 0 Å². The first-order chi connectivity index (χ1) is 6.16. The SMILES string of the molecule is CC(CCN)c1cccc(O)c1Br. The maximum atomic E-state index is 9.44. The number of halogens is 1. The molecular weight excluding hydrogens is 230 g/mol. The predicted octanol–water partition coefficient (Wildman–Crippen LogP) is 2.61. The van der Waals surface area contributed by atoms with Crippen molar-refractivity contribution in [3.05, 3.63) is 28.2 Å². The first-order valence-electron chi connectivity index (χ1n) is 4.34. The molecule has 0 aromatic heterocycles. The van der Waals surface area contributed by atoms with Gasteiger partial charge in [-0.3, -0.25) is 0 Å². The molecule has 1 rings (SSSR count). The summed E-state index contributed by atoms with van der Waals surface area (Å²) < 4.78 is 0.788. The van der Waals surface area contributed by atoms with Crippen molar-refractivity contribution in [3.8, 4) is 5.75 Å². The van der Waals surface area contributed by atoms with Gasteiger partial charge in [-0.2, -0.15) is 0 Å². The number of nitrogens with two attached hydrogens (primary N) is 1. The fourth-order valence-corrected chi connectivity index (χ4v) is 1.98. The number of phenolic OH excluding ortho intramolecular Hbond substituents is 1. The van der Waals surface area contributed by atoms with Crippen LogP contribution in [-0.4, -0.2) is 11.7 Å². The van der Waals surface area contributed by atoms with Crippen molar-refractivity contribution < 1.29 is 5.11 Å². The molecular formula is C10H14BrNO. The molecule has 1 aromatic rings. The van der Waals surface area contributed by atoms with Gasteiger partial charge in [0.05, 0.1) is 4.47 Å². The van der Waals surface area contributed by atoms with Gasteiger partial charge in [0.1, 0.15) is 5.75 Å². The van der Waals surface area contributed by atoms with E-state index in [1.807, 2.05) is 12.1 Å². The largest absolute Gasteiger partial charge is 0.507 e. The van der Waals surface area contributed by atoms with Gasteiger partial charge in [0.2, 0.25) is 0 Å². The third-order valence-corrected chi connectivity index (χ3v) is 3.00. The van der Waals surface area contributed by atoms with Crippen molar-refractivity contribution in [2.24, 2.45) is 5.73 Å². The van der Waals surface area contributed by atoms with Gasteiger partial charge < -0.3 is 10.8 Å². The van der Waals surface area contributed by atoms with E-state index in [0.29, 0.717) is 18.2 Å². The Hall–Kier alpha value is -0.540. The van der Waals surface area contributed by atoms with E-state index < -0.39 is 0 Å². The van der Waals surface area contributed by atoms with Crippen LogP contribution >= 0.6 is 15.9 Å². The van der Waals surface area contributed by atoms with Crippen LogP contribution in [0.25, 0.3) is 0 Å². The molecule has 0 aliphatic carbocycles. The molecule has 72 valence electrons. The molecule has 13 heavy (non-hydrogen) atoms. The highest BCUT2D eigenvalue weighted by molar-refractivity contribution is 9.10. The van der Waals surface area contributed by atoms with Crippen LogP contribution in [0.15, 0.2) is 22.7 Å². The Morgan fingerprint density at radius 3 is 2.85 bits per heavy atom.